The van der Waals surface area contributed by atoms with E-state index in [-0.39, 0.29) is 12.3 Å². The molecule has 0 atom stereocenters. The van der Waals surface area contributed by atoms with Gasteiger partial charge in [-0.25, -0.2) is 10.2 Å². The third-order valence-corrected chi connectivity index (χ3v) is 5.51. The predicted octanol–water partition coefficient (Wildman–Crippen LogP) is 5.91. The molecule has 0 spiro atoms. The van der Waals surface area contributed by atoms with Gasteiger partial charge in [0.05, 0.1) is 12.6 Å². The summed E-state index contributed by atoms with van der Waals surface area (Å²) in [7, 11) is 0. The second-order valence-electron chi connectivity index (χ2n) is 7.46. The van der Waals surface area contributed by atoms with Crippen LogP contribution in [0.15, 0.2) is 107 Å². The number of hydrazone groups is 1. The van der Waals surface area contributed by atoms with E-state index in [1.807, 2.05) is 72.8 Å². The monoisotopic (exact) mass is 512 g/mol. The Hall–Kier alpha value is -4.03. The molecule has 168 valence electrons. The summed E-state index contributed by atoms with van der Waals surface area (Å²) in [5.41, 5.74) is 4.91. The van der Waals surface area contributed by atoms with Crippen molar-refractivity contribution in [3.8, 4) is 5.75 Å². The summed E-state index contributed by atoms with van der Waals surface area (Å²) in [6, 6.07) is 28.5. The minimum Gasteiger partial charge on any atom is -0.423 e. The molecule has 6 heteroatoms. The topological polar surface area (TPSA) is 67.8 Å². The van der Waals surface area contributed by atoms with Gasteiger partial charge < -0.3 is 4.74 Å². The molecule has 4 rings (SSSR count). The van der Waals surface area contributed by atoms with Crippen molar-refractivity contribution in [2.45, 2.75) is 6.42 Å². The van der Waals surface area contributed by atoms with Crippen LogP contribution in [0.3, 0.4) is 0 Å². The van der Waals surface area contributed by atoms with Crippen LogP contribution in [-0.2, 0) is 16.0 Å². The first-order chi connectivity index (χ1) is 16.6. The number of rotatable bonds is 7. The van der Waals surface area contributed by atoms with Gasteiger partial charge in [-0.15, -0.1) is 0 Å². The molecule has 0 bridgehead atoms. The normalized spacial score (nSPS) is 11.2. The smallest absolute Gasteiger partial charge is 0.336 e. The van der Waals surface area contributed by atoms with Crippen molar-refractivity contribution in [3.63, 3.8) is 0 Å². The molecule has 0 heterocycles. The number of hydrogen-bond donors (Lipinski definition) is 1. The fraction of sp³-hybridized carbons (Fsp3) is 0.0357. The van der Waals surface area contributed by atoms with E-state index in [0.717, 1.165) is 26.4 Å². The third-order valence-electron chi connectivity index (χ3n) is 5.02. The van der Waals surface area contributed by atoms with Gasteiger partial charge in [0.25, 0.3) is 0 Å². The number of carbonyl (C=O) groups is 2. The Kier molecular flexibility index (Phi) is 7.63. The van der Waals surface area contributed by atoms with E-state index in [9.17, 15) is 9.59 Å². The van der Waals surface area contributed by atoms with Crippen LogP contribution in [0.2, 0.25) is 0 Å². The molecule has 0 radical (unpaired) electrons. The fourth-order valence-electron chi connectivity index (χ4n) is 3.42. The van der Waals surface area contributed by atoms with E-state index in [2.05, 4.69) is 26.5 Å². The highest BCUT2D eigenvalue weighted by atomic mass is 79.9. The molecule has 0 saturated heterocycles. The summed E-state index contributed by atoms with van der Waals surface area (Å²) in [6.45, 7) is 0. The lowest BCUT2D eigenvalue weighted by molar-refractivity contribution is -0.129. The maximum Gasteiger partial charge on any atom is 0.336 e. The van der Waals surface area contributed by atoms with Crippen LogP contribution >= 0.6 is 15.9 Å². The van der Waals surface area contributed by atoms with E-state index in [1.165, 1.54) is 12.3 Å². The largest absolute Gasteiger partial charge is 0.423 e. The first-order valence-corrected chi connectivity index (χ1v) is 11.4. The number of nitrogens with one attached hydrogen (secondary N) is 1. The summed E-state index contributed by atoms with van der Waals surface area (Å²) in [4.78, 5) is 24.7. The van der Waals surface area contributed by atoms with Crippen molar-refractivity contribution in [1.29, 1.82) is 0 Å². The molecule has 0 aliphatic carbocycles. The number of carbonyl (C=O) groups excluding carboxylic acids is 2. The Morgan fingerprint density at radius 2 is 1.68 bits per heavy atom. The molecule has 4 aromatic carbocycles. The van der Waals surface area contributed by atoms with Crippen LogP contribution in [0.4, 0.5) is 0 Å². The first-order valence-electron chi connectivity index (χ1n) is 10.6. The van der Waals surface area contributed by atoms with Gasteiger partial charge in [-0.2, -0.15) is 5.10 Å². The molecular formula is C28H21BrN2O3. The third kappa shape index (κ3) is 6.27. The first kappa shape index (κ1) is 23.1. The molecule has 0 aliphatic rings. The van der Waals surface area contributed by atoms with E-state index < -0.39 is 5.97 Å². The molecule has 0 aliphatic heterocycles. The summed E-state index contributed by atoms with van der Waals surface area (Å²) in [6.07, 6.45) is 4.70. The summed E-state index contributed by atoms with van der Waals surface area (Å²) in [5, 5.41) is 6.18. The fourth-order valence-corrected chi connectivity index (χ4v) is 3.80. The molecule has 0 aromatic heterocycles. The lowest BCUT2D eigenvalue weighted by Gasteiger charge is -2.07. The summed E-state index contributed by atoms with van der Waals surface area (Å²) < 4.78 is 6.26. The van der Waals surface area contributed by atoms with Crippen LogP contribution < -0.4 is 10.2 Å². The Balaban J connectivity index is 1.41. The Bertz CT molecular complexity index is 1380. The number of halogens is 1. The Labute approximate surface area is 205 Å². The van der Waals surface area contributed by atoms with Gasteiger partial charge in [0.2, 0.25) is 5.91 Å². The van der Waals surface area contributed by atoms with Crippen molar-refractivity contribution in [1.82, 2.24) is 5.43 Å². The Morgan fingerprint density at radius 1 is 0.912 bits per heavy atom. The minimum atomic E-state index is -0.513. The molecule has 0 saturated carbocycles. The van der Waals surface area contributed by atoms with Gasteiger partial charge in [0.15, 0.2) is 0 Å². The molecule has 1 amide bonds. The van der Waals surface area contributed by atoms with Gasteiger partial charge in [-0.1, -0.05) is 88.7 Å². The van der Waals surface area contributed by atoms with Crippen LogP contribution in [0.1, 0.15) is 16.7 Å². The highest BCUT2D eigenvalue weighted by Gasteiger charge is 2.09. The van der Waals surface area contributed by atoms with Crippen molar-refractivity contribution in [2.24, 2.45) is 5.10 Å². The molecule has 1 N–H and O–H groups in total. The quantitative estimate of drug-likeness (QED) is 0.110. The van der Waals surface area contributed by atoms with E-state index >= 15 is 0 Å². The number of fused-ring (bicyclic) bond motifs is 1. The Morgan fingerprint density at radius 3 is 2.53 bits per heavy atom. The van der Waals surface area contributed by atoms with Crippen LogP contribution in [0.25, 0.3) is 16.8 Å². The van der Waals surface area contributed by atoms with E-state index in [4.69, 9.17) is 4.74 Å². The van der Waals surface area contributed by atoms with Crippen LogP contribution in [-0.4, -0.2) is 18.1 Å². The lowest BCUT2D eigenvalue weighted by atomic mass is 10.0. The standard InChI is InChI=1S/C28H21BrN2O3/c29-24-14-15-26(34-28(33)16-13-20-7-2-1-3-8-20)23(17-24)19-30-31-27(32)18-22-11-6-10-21-9-4-5-12-25(21)22/h1-17,19H,18H2,(H,31,32)/b16-13+,30-19+. The van der Waals surface area contributed by atoms with Crippen molar-refractivity contribution >= 4 is 50.9 Å². The average molecular weight is 513 g/mol. The number of ether oxygens (including phenoxy) is 1. The average Bonchev–Trinajstić information content (AvgIpc) is 2.85. The molecule has 4 aromatic rings. The minimum absolute atomic E-state index is 0.198. The van der Waals surface area contributed by atoms with Gasteiger partial charge in [-0.05, 0) is 46.2 Å². The van der Waals surface area contributed by atoms with Gasteiger partial charge in [0.1, 0.15) is 5.75 Å². The van der Waals surface area contributed by atoms with Crippen molar-refractivity contribution in [2.75, 3.05) is 0 Å². The number of amides is 1. The zero-order valence-corrected chi connectivity index (χ0v) is 19.7. The predicted molar refractivity (Wildman–Crippen MR) is 139 cm³/mol. The van der Waals surface area contributed by atoms with E-state index in [1.54, 1.807) is 24.3 Å². The van der Waals surface area contributed by atoms with Crippen LogP contribution in [0, 0.1) is 0 Å². The maximum absolute atomic E-state index is 12.5. The van der Waals surface area contributed by atoms with E-state index in [0.29, 0.717) is 11.3 Å². The highest BCUT2D eigenvalue weighted by Crippen LogP contribution is 2.22. The number of esters is 1. The zero-order chi connectivity index (χ0) is 23.8. The highest BCUT2D eigenvalue weighted by molar-refractivity contribution is 9.10. The summed E-state index contributed by atoms with van der Waals surface area (Å²) >= 11 is 3.41. The second kappa shape index (κ2) is 11.2. The van der Waals surface area contributed by atoms with Gasteiger partial charge in [0, 0.05) is 16.1 Å². The van der Waals surface area contributed by atoms with Crippen LogP contribution in [0.5, 0.6) is 5.75 Å². The molecule has 34 heavy (non-hydrogen) atoms. The van der Waals surface area contributed by atoms with Crippen molar-refractivity contribution < 1.29 is 14.3 Å². The van der Waals surface area contributed by atoms with Gasteiger partial charge in [-0.3, -0.25) is 4.79 Å². The number of benzene rings is 4. The molecule has 0 fully saturated rings. The zero-order valence-electron chi connectivity index (χ0n) is 18.1. The maximum atomic E-state index is 12.5. The number of nitrogens with zero attached hydrogens (tertiary/aromatic N) is 1. The summed E-state index contributed by atoms with van der Waals surface area (Å²) in [5.74, 6) is -0.425. The molecule has 0 unspecified atom stereocenters. The second-order valence-corrected chi connectivity index (χ2v) is 8.37. The van der Waals surface area contributed by atoms with Gasteiger partial charge >= 0.3 is 5.97 Å². The lowest BCUT2D eigenvalue weighted by Crippen LogP contribution is -2.20. The molecular weight excluding hydrogens is 492 g/mol. The molecule has 5 nitrogen and oxygen atoms in total. The van der Waals surface area contributed by atoms with Crippen molar-refractivity contribution in [3.05, 3.63) is 118 Å². The number of hydrogen-bond acceptors (Lipinski definition) is 4. The SMILES string of the molecule is O=C(Cc1cccc2ccccc12)N/N=C/c1cc(Br)ccc1OC(=O)/C=C/c1ccccc1.